The largest absolute Gasteiger partial charge is 0.348 e. The standard InChI is InChI=1S/C21H25FN4O2/c22-16-7-17-18(10-24-19(17)23-9-16)26-21(28)20(27)25-8-15-6-13-2-11-1-12(3-13)5-14(15)4-11/h7,9-15H,1-6,8H2,(H,23,24)(H,25,27)(H,26,28). The smallest absolute Gasteiger partial charge is 0.313 e. The zero-order chi connectivity index (χ0) is 19.3. The van der Waals surface area contributed by atoms with Gasteiger partial charge in [-0.1, -0.05) is 0 Å². The first-order valence-electron chi connectivity index (χ1n) is 10.3. The number of fused-ring (bicyclic) bond motifs is 2. The molecule has 0 spiro atoms. The van der Waals surface area contributed by atoms with Crippen molar-refractivity contribution < 1.29 is 14.0 Å². The maximum atomic E-state index is 13.4. The number of H-pyrrole nitrogens is 1. The van der Waals surface area contributed by atoms with Crippen LogP contribution in [0.2, 0.25) is 0 Å². The molecule has 3 unspecified atom stereocenters. The van der Waals surface area contributed by atoms with Gasteiger partial charge in [0.25, 0.3) is 0 Å². The molecule has 0 saturated heterocycles. The predicted octanol–water partition coefficient (Wildman–Crippen LogP) is 3.22. The normalized spacial score (nSPS) is 31.0. The van der Waals surface area contributed by atoms with E-state index < -0.39 is 17.6 Å². The van der Waals surface area contributed by atoms with E-state index in [1.165, 1.54) is 50.8 Å². The third-order valence-electron chi connectivity index (χ3n) is 7.05. The van der Waals surface area contributed by atoms with E-state index in [1.807, 2.05) is 0 Å². The van der Waals surface area contributed by atoms with Crippen molar-refractivity contribution in [3.63, 3.8) is 0 Å². The average Bonchev–Trinajstić information content (AvgIpc) is 2.95. The number of hydrogen-bond donors (Lipinski definition) is 3. The van der Waals surface area contributed by atoms with Gasteiger partial charge in [-0.15, -0.1) is 0 Å². The van der Waals surface area contributed by atoms with Gasteiger partial charge in [0, 0.05) is 18.1 Å². The van der Waals surface area contributed by atoms with Crippen LogP contribution in [0.15, 0.2) is 18.5 Å². The summed E-state index contributed by atoms with van der Waals surface area (Å²) >= 11 is 0. The number of carbonyl (C=O) groups excluding carboxylic acids is 2. The summed E-state index contributed by atoms with van der Waals surface area (Å²) in [7, 11) is 0. The molecule has 2 amide bonds. The minimum Gasteiger partial charge on any atom is -0.348 e. The Labute approximate surface area is 162 Å². The number of rotatable bonds is 3. The Morgan fingerprint density at radius 3 is 2.54 bits per heavy atom. The summed E-state index contributed by atoms with van der Waals surface area (Å²) in [6, 6.07) is 1.28. The molecule has 2 heterocycles. The molecule has 2 aromatic heterocycles. The Hall–Kier alpha value is -2.44. The van der Waals surface area contributed by atoms with Gasteiger partial charge in [-0.25, -0.2) is 9.37 Å². The lowest BCUT2D eigenvalue weighted by Crippen LogP contribution is -2.39. The van der Waals surface area contributed by atoms with E-state index in [0.29, 0.717) is 35.1 Å². The Morgan fingerprint density at radius 2 is 1.79 bits per heavy atom. The highest BCUT2D eigenvalue weighted by Gasteiger charge is 2.43. The Bertz CT molecular complexity index is 912. The lowest BCUT2D eigenvalue weighted by atomic mass is 9.67. The number of amides is 2. The van der Waals surface area contributed by atoms with E-state index in [2.05, 4.69) is 20.6 Å². The number of aromatic amines is 1. The van der Waals surface area contributed by atoms with Crippen LogP contribution >= 0.6 is 0 Å². The van der Waals surface area contributed by atoms with E-state index >= 15 is 0 Å². The van der Waals surface area contributed by atoms with Gasteiger partial charge in [0.1, 0.15) is 11.5 Å². The van der Waals surface area contributed by atoms with Crippen LogP contribution in [0.3, 0.4) is 0 Å². The van der Waals surface area contributed by atoms with Gasteiger partial charge in [0.15, 0.2) is 0 Å². The number of carbonyl (C=O) groups is 2. The summed E-state index contributed by atoms with van der Waals surface area (Å²) < 4.78 is 13.4. The monoisotopic (exact) mass is 384 g/mol. The van der Waals surface area contributed by atoms with Crippen molar-refractivity contribution in [3.8, 4) is 0 Å². The average molecular weight is 384 g/mol. The number of hydrogen-bond acceptors (Lipinski definition) is 3. The van der Waals surface area contributed by atoms with Crippen LogP contribution in [-0.4, -0.2) is 28.3 Å². The molecular weight excluding hydrogens is 359 g/mol. The van der Waals surface area contributed by atoms with E-state index in [0.717, 1.165) is 24.0 Å². The molecule has 0 radical (unpaired) electrons. The van der Waals surface area contributed by atoms with Gasteiger partial charge < -0.3 is 15.6 Å². The highest BCUT2D eigenvalue weighted by Crippen LogP contribution is 2.53. The van der Waals surface area contributed by atoms with E-state index in [1.54, 1.807) is 0 Å². The molecule has 2 aromatic rings. The second kappa shape index (κ2) is 6.87. The van der Waals surface area contributed by atoms with Gasteiger partial charge >= 0.3 is 11.8 Å². The van der Waals surface area contributed by atoms with Crippen LogP contribution in [0, 0.1) is 35.4 Å². The molecule has 148 valence electrons. The molecule has 4 saturated carbocycles. The number of pyridine rings is 1. The highest BCUT2D eigenvalue weighted by atomic mass is 19.1. The molecule has 6 nitrogen and oxygen atoms in total. The lowest BCUT2D eigenvalue weighted by molar-refractivity contribution is -0.136. The van der Waals surface area contributed by atoms with Crippen molar-refractivity contribution in [2.75, 3.05) is 11.9 Å². The fourth-order valence-corrected chi connectivity index (χ4v) is 6.05. The van der Waals surface area contributed by atoms with Crippen LogP contribution in [-0.2, 0) is 9.59 Å². The molecule has 4 fully saturated rings. The van der Waals surface area contributed by atoms with E-state index in [4.69, 9.17) is 0 Å². The van der Waals surface area contributed by atoms with E-state index in [9.17, 15) is 14.0 Å². The second-order valence-electron chi connectivity index (χ2n) is 8.95. The van der Waals surface area contributed by atoms with Crippen molar-refractivity contribution in [2.45, 2.75) is 38.5 Å². The van der Waals surface area contributed by atoms with Gasteiger partial charge in [-0.3, -0.25) is 9.59 Å². The molecule has 7 heteroatoms. The van der Waals surface area contributed by atoms with Gasteiger partial charge in [0.2, 0.25) is 0 Å². The summed E-state index contributed by atoms with van der Waals surface area (Å²) in [5.41, 5.74) is 0.814. The maximum Gasteiger partial charge on any atom is 0.313 e. The first-order valence-corrected chi connectivity index (χ1v) is 10.3. The first-order chi connectivity index (χ1) is 13.5. The topological polar surface area (TPSA) is 86.9 Å². The van der Waals surface area contributed by atoms with Crippen molar-refractivity contribution in [3.05, 3.63) is 24.3 Å². The predicted molar refractivity (Wildman–Crippen MR) is 103 cm³/mol. The molecule has 4 bridgehead atoms. The zero-order valence-corrected chi connectivity index (χ0v) is 15.7. The maximum absolute atomic E-state index is 13.4. The Balaban J connectivity index is 1.21. The van der Waals surface area contributed by atoms with Gasteiger partial charge in [-0.2, -0.15) is 0 Å². The molecule has 4 aliphatic carbocycles. The number of halogens is 1. The van der Waals surface area contributed by atoms with Crippen LogP contribution < -0.4 is 10.6 Å². The minimum absolute atomic E-state index is 0.354. The fourth-order valence-electron chi connectivity index (χ4n) is 6.05. The highest BCUT2D eigenvalue weighted by molar-refractivity contribution is 6.40. The van der Waals surface area contributed by atoms with Gasteiger partial charge in [0.05, 0.1) is 11.9 Å². The minimum atomic E-state index is -0.732. The van der Waals surface area contributed by atoms with Crippen LogP contribution in [0.1, 0.15) is 38.5 Å². The van der Waals surface area contributed by atoms with Gasteiger partial charge in [-0.05, 0) is 74.2 Å². The first kappa shape index (κ1) is 17.6. The Kier molecular flexibility index (Phi) is 4.33. The molecule has 3 N–H and O–H groups in total. The molecule has 0 aromatic carbocycles. The molecular formula is C21H25FN4O2. The van der Waals surface area contributed by atoms with Crippen LogP contribution in [0.5, 0.6) is 0 Å². The number of nitrogens with one attached hydrogen (secondary N) is 3. The quantitative estimate of drug-likeness (QED) is 0.710. The van der Waals surface area contributed by atoms with E-state index in [-0.39, 0.29) is 0 Å². The SMILES string of the molecule is O=C(NCC1CC2CC3CC(C2)CC1C3)C(=O)Nc1c[nH]c2ncc(F)cc12. The van der Waals surface area contributed by atoms with Crippen LogP contribution in [0.4, 0.5) is 10.1 Å². The summed E-state index contributed by atoms with van der Waals surface area (Å²) in [5, 5.41) is 5.85. The fraction of sp³-hybridized carbons (Fsp3) is 0.571. The third kappa shape index (κ3) is 3.27. The molecule has 3 atom stereocenters. The number of anilines is 1. The summed E-state index contributed by atoms with van der Waals surface area (Å²) in [6.07, 6.45) is 10.5. The lowest BCUT2D eigenvalue weighted by Gasteiger charge is -2.39. The second-order valence-corrected chi connectivity index (χ2v) is 8.95. The number of nitrogens with zero attached hydrogens (tertiary/aromatic N) is 1. The number of aromatic nitrogens is 2. The third-order valence-corrected chi connectivity index (χ3v) is 7.05. The summed E-state index contributed by atoms with van der Waals surface area (Å²) in [6.45, 7) is 0.566. The van der Waals surface area contributed by atoms with Crippen LogP contribution in [0.25, 0.3) is 11.0 Å². The van der Waals surface area contributed by atoms with Crippen molar-refractivity contribution in [1.82, 2.24) is 15.3 Å². The molecule has 6 rings (SSSR count). The molecule has 28 heavy (non-hydrogen) atoms. The summed E-state index contributed by atoms with van der Waals surface area (Å²) in [5.74, 6) is 1.84. The molecule has 4 aliphatic rings. The van der Waals surface area contributed by atoms with Crippen molar-refractivity contribution in [2.24, 2.45) is 29.6 Å². The summed E-state index contributed by atoms with van der Waals surface area (Å²) in [4.78, 5) is 31.4. The molecule has 0 aliphatic heterocycles. The Morgan fingerprint density at radius 1 is 1.07 bits per heavy atom. The zero-order valence-electron chi connectivity index (χ0n) is 15.7. The van der Waals surface area contributed by atoms with Crippen molar-refractivity contribution >= 4 is 28.5 Å². The van der Waals surface area contributed by atoms with Crippen molar-refractivity contribution in [1.29, 1.82) is 0 Å².